The van der Waals surface area contributed by atoms with Crippen LogP contribution in [0.25, 0.3) is 0 Å². The van der Waals surface area contributed by atoms with Gasteiger partial charge in [0, 0.05) is 12.0 Å². The lowest BCUT2D eigenvalue weighted by Gasteiger charge is -2.13. The average Bonchev–Trinajstić information content (AvgIpc) is 2.27. The number of rotatable bonds is 4. The number of hydrogen-bond donors (Lipinski definition) is 1. The van der Waals surface area contributed by atoms with Gasteiger partial charge in [0.25, 0.3) is 5.91 Å². The van der Waals surface area contributed by atoms with E-state index in [1.165, 1.54) is 0 Å². The highest BCUT2D eigenvalue weighted by Crippen LogP contribution is 2.10. The minimum absolute atomic E-state index is 0.0446. The lowest BCUT2D eigenvalue weighted by atomic mass is 10.0. The van der Waals surface area contributed by atoms with E-state index in [-0.39, 0.29) is 11.7 Å². The number of hydrogen-bond acceptors (Lipinski definition) is 2. The third kappa shape index (κ3) is 3.41. The van der Waals surface area contributed by atoms with E-state index in [9.17, 15) is 9.59 Å². The Bertz CT molecular complexity index is 438. The molecule has 0 aliphatic carbocycles. The molecule has 0 radical (unpaired) electrons. The van der Waals surface area contributed by atoms with Gasteiger partial charge in [-0.05, 0) is 32.4 Å². The maximum absolute atomic E-state index is 11.9. The SMILES string of the molecule is CCC(=O)C(C)NC(=O)c1ccc(C)cc1C. The molecule has 0 spiro atoms. The molecule has 1 N–H and O–H groups in total. The minimum Gasteiger partial charge on any atom is -0.343 e. The number of Topliss-reactive ketones (excluding diaryl/α,β-unsaturated/α-hetero) is 1. The Morgan fingerprint density at radius 1 is 1.29 bits per heavy atom. The molecule has 0 saturated heterocycles. The normalized spacial score (nSPS) is 12.0. The number of ketones is 1. The van der Waals surface area contributed by atoms with Crippen LogP contribution in [0.1, 0.15) is 41.8 Å². The summed E-state index contributed by atoms with van der Waals surface area (Å²) < 4.78 is 0. The summed E-state index contributed by atoms with van der Waals surface area (Å²) in [5, 5.41) is 2.72. The zero-order chi connectivity index (χ0) is 13.0. The van der Waals surface area contributed by atoms with E-state index in [0.29, 0.717) is 12.0 Å². The first-order valence-electron chi connectivity index (χ1n) is 5.86. The fourth-order valence-corrected chi connectivity index (χ4v) is 1.73. The highest BCUT2D eigenvalue weighted by Gasteiger charge is 2.15. The van der Waals surface area contributed by atoms with Crippen LogP contribution >= 0.6 is 0 Å². The van der Waals surface area contributed by atoms with Gasteiger partial charge in [-0.1, -0.05) is 24.6 Å². The number of benzene rings is 1. The van der Waals surface area contributed by atoms with Crippen LogP contribution in [0.2, 0.25) is 0 Å². The van der Waals surface area contributed by atoms with Crippen molar-refractivity contribution in [3.8, 4) is 0 Å². The van der Waals surface area contributed by atoms with E-state index in [1.807, 2.05) is 26.0 Å². The molecular weight excluding hydrogens is 214 g/mol. The summed E-state index contributed by atoms with van der Waals surface area (Å²) >= 11 is 0. The molecular formula is C14H19NO2. The first-order valence-corrected chi connectivity index (χ1v) is 5.86. The zero-order valence-electron chi connectivity index (χ0n) is 10.8. The van der Waals surface area contributed by atoms with Crippen molar-refractivity contribution in [2.75, 3.05) is 0 Å². The Labute approximate surface area is 102 Å². The highest BCUT2D eigenvalue weighted by molar-refractivity contribution is 5.98. The third-order valence-corrected chi connectivity index (χ3v) is 2.81. The van der Waals surface area contributed by atoms with Crippen molar-refractivity contribution in [1.29, 1.82) is 0 Å². The molecule has 1 aromatic carbocycles. The zero-order valence-corrected chi connectivity index (χ0v) is 10.8. The average molecular weight is 233 g/mol. The van der Waals surface area contributed by atoms with Gasteiger partial charge in [0.2, 0.25) is 0 Å². The molecule has 1 atom stereocenters. The number of carbonyl (C=O) groups excluding carboxylic acids is 2. The molecule has 0 aromatic heterocycles. The second-order valence-electron chi connectivity index (χ2n) is 4.33. The maximum Gasteiger partial charge on any atom is 0.252 e. The van der Waals surface area contributed by atoms with Gasteiger partial charge in [0.1, 0.15) is 0 Å². The quantitative estimate of drug-likeness (QED) is 0.868. The van der Waals surface area contributed by atoms with Crippen molar-refractivity contribution in [3.63, 3.8) is 0 Å². The molecule has 92 valence electrons. The Morgan fingerprint density at radius 2 is 1.94 bits per heavy atom. The van der Waals surface area contributed by atoms with Gasteiger partial charge in [-0.3, -0.25) is 9.59 Å². The van der Waals surface area contributed by atoms with Crippen LogP contribution in [-0.2, 0) is 4.79 Å². The number of amides is 1. The summed E-state index contributed by atoms with van der Waals surface area (Å²) in [4.78, 5) is 23.3. The summed E-state index contributed by atoms with van der Waals surface area (Å²) in [6.45, 7) is 7.39. The molecule has 0 aliphatic heterocycles. The van der Waals surface area contributed by atoms with Gasteiger partial charge < -0.3 is 5.32 Å². The molecule has 1 amide bonds. The van der Waals surface area contributed by atoms with Crippen molar-refractivity contribution in [2.24, 2.45) is 0 Å². The molecule has 0 fully saturated rings. The third-order valence-electron chi connectivity index (χ3n) is 2.81. The van der Waals surface area contributed by atoms with Crippen LogP contribution in [0, 0.1) is 13.8 Å². The Kier molecular flexibility index (Phi) is 4.44. The summed E-state index contributed by atoms with van der Waals surface area (Å²) in [7, 11) is 0. The van der Waals surface area contributed by atoms with Crippen LogP contribution in [-0.4, -0.2) is 17.7 Å². The molecule has 0 saturated carbocycles. The summed E-state index contributed by atoms with van der Waals surface area (Å²) in [6.07, 6.45) is 0.439. The van der Waals surface area contributed by atoms with Crippen molar-refractivity contribution >= 4 is 11.7 Å². The van der Waals surface area contributed by atoms with Crippen LogP contribution in [0.3, 0.4) is 0 Å². The van der Waals surface area contributed by atoms with E-state index in [1.54, 1.807) is 19.9 Å². The van der Waals surface area contributed by atoms with Gasteiger partial charge in [-0.25, -0.2) is 0 Å². The van der Waals surface area contributed by atoms with Crippen LogP contribution in [0.15, 0.2) is 18.2 Å². The van der Waals surface area contributed by atoms with Crippen molar-refractivity contribution in [3.05, 3.63) is 34.9 Å². The van der Waals surface area contributed by atoms with E-state index in [2.05, 4.69) is 5.32 Å². The van der Waals surface area contributed by atoms with Crippen molar-refractivity contribution < 1.29 is 9.59 Å². The lowest BCUT2D eigenvalue weighted by molar-refractivity contribution is -0.120. The predicted molar refractivity (Wildman–Crippen MR) is 68.1 cm³/mol. The van der Waals surface area contributed by atoms with E-state index >= 15 is 0 Å². The largest absolute Gasteiger partial charge is 0.343 e. The highest BCUT2D eigenvalue weighted by atomic mass is 16.2. The fourth-order valence-electron chi connectivity index (χ4n) is 1.73. The molecule has 0 heterocycles. The lowest BCUT2D eigenvalue weighted by Crippen LogP contribution is -2.38. The van der Waals surface area contributed by atoms with Crippen LogP contribution in [0.5, 0.6) is 0 Å². The Balaban J connectivity index is 2.80. The van der Waals surface area contributed by atoms with E-state index < -0.39 is 6.04 Å². The number of aryl methyl sites for hydroxylation is 2. The first kappa shape index (κ1) is 13.4. The second kappa shape index (κ2) is 5.62. The number of carbonyl (C=O) groups is 2. The standard InChI is InChI=1S/C14H19NO2/c1-5-13(16)11(4)15-14(17)12-7-6-9(2)8-10(12)3/h6-8,11H,5H2,1-4H3,(H,15,17). The van der Waals surface area contributed by atoms with Gasteiger partial charge in [0.15, 0.2) is 5.78 Å². The van der Waals surface area contributed by atoms with Crippen LogP contribution in [0.4, 0.5) is 0 Å². The van der Waals surface area contributed by atoms with Gasteiger partial charge in [0.05, 0.1) is 6.04 Å². The molecule has 1 rings (SSSR count). The molecule has 1 unspecified atom stereocenters. The molecule has 0 bridgehead atoms. The molecule has 3 nitrogen and oxygen atoms in total. The second-order valence-corrected chi connectivity index (χ2v) is 4.33. The monoisotopic (exact) mass is 233 g/mol. The topological polar surface area (TPSA) is 46.2 Å². The molecule has 0 aliphatic rings. The molecule has 1 aromatic rings. The van der Waals surface area contributed by atoms with Crippen molar-refractivity contribution in [1.82, 2.24) is 5.32 Å². The van der Waals surface area contributed by atoms with E-state index in [4.69, 9.17) is 0 Å². The minimum atomic E-state index is -0.423. The molecule has 3 heteroatoms. The van der Waals surface area contributed by atoms with Crippen LogP contribution < -0.4 is 5.32 Å². The molecule has 17 heavy (non-hydrogen) atoms. The summed E-state index contributed by atoms with van der Waals surface area (Å²) in [6, 6.07) is 5.23. The van der Waals surface area contributed by atoms with Gasteiger partial charge in [-0.15, -0.1) is 0 Å². The van der Waals surface area contributed by atoms with Gasteiger partial charge >= 0.3 is 0 Å². The number of nitrogens with one attached hydrogen (secondary N) is 1. The maximum atomic E-state index is 11.9. The predicted octanol–water partition coefficient (Wildman–Crippen LogP) is 2.40. The van der Waals surface area contributed by atoms with E-state index in [0.717, 1.165) is 11.1 Å². The summed E-state index contributed by atoms with van der Waals surface area (Å²) in [5.74, 6) is -0.139. The fraction of sp³-hybridized carbons (Fsp3) is 0.429. The van der Waals surface area contributed by atoms with Gasteiger partial charge in [-0.2, -0.15) is 0 Å². The Morgan fingerprint density at radius 3 is 2.47 bits per heavy atom. The Hall–Kier alpha value is -1.64. The summed E-state index contributed by atoms with van der Waals surface area (Å²) in [5.41, 5.74) is 2.68. The smallest absolute Gasteiger partial charge is 0.252 e. The van der Waals surface area contributed by atoms with Crippen molar-refractivity contribution in [2.45, 2.75) is 40.2 Å². The first-order chi connectivity index (χ1) is 7.95.